The van der Waals surface area contributed by atoms with Crippen molar-refractivity contribution in [1.29, 1.82) is 0 Å². The average Bonchev–Trinajstić information content (AvgIpc) is 2.91. The standard InChI is InChI=1S/C17H15ClN2O3S2/c1-10(11-6-8-12(9-7-11)25(19,22)23)20-17(21)16-15(18)13-4-2-3-5-14(13)24-16/h2-10H,1H3,(H,20,21)(H2,19,22,23). The van der Waals surface area contributed by atoms with Gasteiger partial charge in [-0.2, -0.15) is 0 Å². The summed E-state index contributed by atoms with van der Waals surface area (Å²) in [5, 5.41) is 9.25. The number of thiophene rings is 1. The second-order valence-corrected chi connectivity index (χ2v) is 8.54. The first-order chi connectivity index (χ1) is 11.8. The molecule has 0 aliphatic rings. The molecule has 0 spiro atoms. The Morgan fingerprint density at radius 2 is 1.80 bits per heavy atom. The summed E-state index contributed by atoms with van der Waals surface area (Å²) in [4.78, 5) is 13.0. The molecule has 2 aromatic carbocycles. The largest absolute Gasteiger partial charge is 0.345 e. The number of fused-ring (bicyclic) bond motifs is 1. The predicted octanol–water partition coefficient (Wildman–Crippen LogP) is 3.69. The van der Waals surface area contributed by atoms with E-state index in [0.717, 1.165) is 15.6 Å². The van der Waals surface area contributed by atoms with E-state index in [9.17, 15) is 13.2 Å². The van der Waals surface area contributed by atoms with Gasteiger partial charge in [0.25, 0.3) is 5.91 Å². The molecule has 130 valence electrons. The van der Waals surface area contributed by atoms with Crippen molar-refractivity contribution in [1.82, 2.24) is 5.32 Å². The number of carbonyl (C=O) groups excluding carboxylic acids is 1. The van der Waals surface area contributed by atoms with Crippen molar-refractivity contribution in [2.24, 2.45) is 5.14 Å². The van der Waals surface area contributed by atoms with Gasteiger partial charge in [-0.05, 0) is 30.7 Å². The number of sulfonamides is 1. The first-order valence-corrected chi connectivity index (χ1v) is 10.1. The summed E-state index contributed by atoms with van der Waals surface area (Å²) in [6.07, 6.45) is 0. The molecule has 1 atom stereocenters. The zero-order valence-electron chi connectivity index (χ0n) is 13.2. The molecule has 0 aliphatic heterocycles. The summed E-state index contributed by atoms with van der Waals surface area (Å²) in [6, 6.07) is 13.3. The van der Waals surface area contributed by atoms with Gasteiger partial charge in [-0.3, -0.25) is 4.79 Å². The Balaban J connectivity index is 1.81. The molecule has 3 aromatic rings. The van der Waals surface area contributed by atoms with Crippen molar-refractivity contribution in [3.63, 3.8) is 0 Å². The third kappa shape index (κ3) is 3.69. The van der Waals surface area contributed by atoms with Crippen LogP contribution in [0.15, 0.2) is 53.4 Å². The second-order valence-electron chi connectivity index (χ2n) is 5.55. The maximum Gasteiger partial charge on any atom is 0.263 e. The van der Waals surface area contributed by atoms with Crippen LogP contribution < -0.4 is 10.5 Å². The van der Waals surface area contributed by atoms with Gasteiger partial charge >= 0.3 is 0 Å². The highest BCUT2D eigenvalue weighted by atomic mass is 35.5. The molecule has 5 nitrogen and oxygen atoms in total. The minimum atomic E-state index is -3.73. The van der Waals surface area contributed by atoms with Gasteiger partial charge in [-0.1, -0.05) is 41.9 Å². The Hall–Kier alpha value is -1.93. The van der Waals surface area contributed by atoms with Crippen LogP contribution in [-0.4, -0.2) is 14.3 Å². The maximum absolute atomic E-state index is 12.5. The number of primary sulfonamides is 1. The summed E-state index contributed by atoms with van der Waals surface area (Å²) in [5.74, 6) is -0.269. The zero-order chi connectivity index (χ0) is 18.2. The van der Waals surface area contributed by atoms with Crippen molar-refractivity contribution in [2.75, 3.05) is 0 Å². The van der Waals surface area contributed by atoms with Crippen LogP contribution in [0, 0.1) is 0 Å². The highest BCUT2D eigenvalue weighted by molar-refractivity contribution is 7.89. The third-order valence-corrected chi connectivity index (χ3v) is 6.40. The molecular weight excluding hydrogens is 380 g/mol. The number of nitrogens with one attached hydrogen (secondary N) is 1. The van der Waals surface area contributed by atoms with Gasteiger partial charge in [0.1, 0.15) is 4.88 Å². The van der Waals surface area contributed by atoms with Gasteiger partial charge in [-0.15, -0.1) is 11.3 Å². The molecule has 0 saturated heterocycles. The molecule has 0 aliphatic carbocycles. The highest BCUT2D eigenvalue weighted by Crippen LogP contribution is 2.35. The quantitative estimate of drug-likeness (QED) is 0.707. The minimum absolute atomic E-state index is 0.0299. The number of benzene rings is 2. The monoisotopic (exact) mass is 394 g/mol. The Kier molecular flexibility index (Phi) is 4.83. The maximum atomic E-state index is 12.5. The average molecular weight is 395 g/mol. The Bertz CT molecular complexity index is 1040. The van der Waals surface area contributed by atoms with E-state index < -0.39 is 10.0 Å². The highest BCUT2D eigenvalue weighted by Gasteiger charge is 2.19. The lowest BCUT2D eigenvalue weighted by molar-refractivity contribution is 0.0944. The van der Waals surface area contributed by atoms with Gasteiger partial charge in [0.2, 0.25) is 10.0 Å². The van der Waals surface area contributed by atoms with Crippen LogP contribution in [0.2, 0.25) is 5.02 Å². The van der Waals surface area contributed by atoms with Gasteiger partial charge in [0.15, 0.2) is 0 Å². The Labute approximate surface area is 154 Å². The van der Waals surface area contributed by atoms with Crippen LogP contribution in [-0.2, 0) is 10.0 Å². The van der Waals surface area contributed by atoms with E-state index in [2.05, 4.69) is 5.32 Å². The number of hydrogen-bond acceptors (Lipinski definition) is 4. The van der Waals surface area contributed by atoms with E-state index >= 15 is 0 Å². The normalized spacial score (nSPS) is 12.9. The first kappa shape index (κ1) is 17.9. The van der Waals surface area contributed by atoms with Gasteiger partial charge < -0.3 is 5.32 Å². The van der Waals surface area contributed by atoms with Gasteiger partial charge in [-0.25, -0.2) is 13.6 Å². The number of rotatable bonds is 4. The van der Waals surface area contributed by atoms with Gasteiger partial charge in [0, 0.05) is 10.1 Å². The van der Waals surface area contributed by atoms with Crippen LogP contribution in [0.1, 0.15) is 28.2 Å². The molecule has 25 heavy (non-hydrogen) atoms. The fourth-order valence-corrected chi connectivity index (χ4v) is 4.39. The molecule has 1 heterocycles. The van der Waals surface area contributed by atoms with E-state index in [1.165, 1.54) is 23.5 Å². The number of hydrogen-bond donors (Lipinski definition) is 2. The molecule has 3 rings (SSSR count). The molecule has 1 unspecified atom stereocenters. The smallest absolute Gasteiger partial charge is 0.263 e. The molecular formula is C17H15ClN2O3S2. The van der Waals surface area contributed by atoms with Crippen molar-refractivity contribution < 1.29 is 13.2 Å². The van der Waals surface area contributed by atoms with E-state index in [-0.39, 0.29) is 16.8 Å². The summed E-state index contributed by atoms with van der Waals surface area (Å²) in [7, 11) is -3.73. The molecule has 0 fully saturated rings. The molecule has 1 amide bonds. The number of carbonyl (C=O) groups is 1. The SMILES string of the molecule is CC(NC(=O)c1sc2ccccc2c1Cl)c1ccc(S(N)(=O)=O)cc1. The Morgan fingerprint density at radius 3 is 2.40 bits per heavy atom. The summed E-state index contributed by atoms with van der Waals surface area (Å²) in [6.45, 7) is 1.81. The minimum Gasteiger partial charge on any atom is -0.345 e. The topological polar surface area (TPSA) is 89.3 Å². The van der Waals surface area contributed by atoms with Crippen LogP contribution in [0.3, 0.4) is 0 Å². The van der Waals surface area contributed by atoms with E-state index in [4.69, 9.17) is 16.7 Å². The first-order valence-electron chi connectivity index (χ1n) is 7.38. The molecule has 8 heteroatoms. The number of halogens is 1. The third-order valence-electron chi connectivity index (χ3n) is 3.80. The fourth-order valence-electron chi connectivity index (χ4n) is 2.45. The van der Waals surface area contributed by atoms with Crippen molar-refractivity contribution in [3.05, 3.63) is 64.0 Å². The van der Waals surface area contributed by atoms with E-state index in [1.54, 1.807) is 12.1 Å². The van der Waals surface area contributed by atoms with Crippen molar-refractivity contribution >= 4 is 49.0 Å². The van der Waals surface area contributed by atoms with E-state index in [0.29, 0.717) is 9.90 Å². The van der Waals surface area contributed by atoms with Crippen LogP contribution >= 0.6 is 22.9 Å². The summed E-state index contributed by atoms with van der Waals surface area (Å²) < 4.78 is 23.5. The number of nitrogens with two attached hydrogens (primary N) is 1. The second kappa shape index (κ2) is 6.76. The molecule has 3 N–H and O–H groups in total. The fraction of sp³-hybridized carbons (Fsp3) is 0.118. The summed E-state index contributed by atoms with van der Waals surface area (Å²) >= 11 is 7.66. The lowest BCUT2D eigenvalue weighted by atomic mass is 10.1. The molecule has 1 aromatic heterocycles. The zero-order valence-corrected chi connectivity index (χ0v) is 15.6. The Morgan fingerprint density at radius 1 is 1.16 bits per heavy atom. The predicted molar refractivity (Wildman–Crippen MR) is 101 cm³/mol. The molecule has 0 radical (unpaired) electrons. The lowest BCUT2D eigenvalue weighted by Gasteiger charge is -2.14. The van der Waals surface area contributed by atoms with Crippen molar-refractivity contribution in [3.8, 4) is 0 Å². The molecule has 0 bridgehead atoms. The molecule has 0 saturated carbocycles. The van der Waals surface area contributed by atoms with Crippen LogP contribution in [0.5, 0.6) is 0 Å². The van der Waals surface area contributed by atoms with Crippen LogP contribution in [0.25, 0.3) is 10.1 Å². The lowest BCUT2D eigenvalue weighted by Crippen LogP contribution is -2.26. The number of amides is 1. The van der Waals surface area contributed by atoms with Crippen LogP contribution in [0.4, 0.5) is 0 Å². The van der Waals surface area contributed by atoms with Crippen molar-refractivity contribution in [2.45, 2.75) is 17.9 Å². The summed E-state index contributed by atoms with van der Waals surface area (Å²) in [5.41, 5.74) is 0.762. The van der Waals surface area contributed by atoms with Gasteiger partial charge in [0.05, 0.1) is 16.0 Å². The van der Waals surface area contributed by atoms with E-state index in [1.807, 2.05) is 31.2 Å².